The molecule has 0 saturated carbocycles. The summed E-state index contributed by atoms with van der Waals surface area (Å²) in [7, 11) is 0. The van der Waals surface area contributed by atoms with Gasteiger partial charge in [0.1, 0.15) is 0 Å². The molecule has 2 unspecified atom stereocenters. The second kappa shape index (κ2) is 44.7. The van der Waals surface area contributed by atoms with Gasteiger partial charge in [-0.3, -0.25) is 4.79 Å². The zero-order valence-corrected chi connectivity index (χ0v) is 35.2. The number of aliphatic hydroxyl groups is 2. The molecule has 54 heavy (non-hydrogen) atoms. The van der Waals surface area contributed by atoms with E-state index in [1.807, 2.05) is 0 Å². The molecule has 308 valence electrons. The summed E-state index contributed by atoms with van der Waals surface area (Å²) in [5.74, 6) is -0.0484. The van der Waals surface area contributed by atoms with E-state index in [9.17, 15) is 15.0 Å². The van der Waals surface area contributed by atoms with Crippen LogP contribution in [-0.4, -0.2) is 34.9 Å². The molecule has 3 N–H and O–H groups in total. The van der Waals surface area contributed by atoms with Gasteiger partial charge in [-0.05, 0) is 77.0 Å². The maximum absolute atomic E-state index is 12.2. The molecule has 2 atom stereocenters. The monoisotopic (exact) mass is 748 g/mol. The summed E-state index contributed by atoms with van der Waals surface area (Å²) in [5.41, 5.74) is 0. The zero-order valence-electron chi connectivity index (χ0n) is 35.2. The van der Waals surface area contributed by atoms with Crippen molar-refractivity contribution in [2.75, 3.05) is 6.61 Å². The summed E-state index contributed by atoms with van der Waals surface area (Å²) < 4.78 is 0. The van der Waals surface area contributed by atoms with Gasteiger partial charge < -0.3 is 15.5 Å². The van der Waals surface area contributed by atoms with Gasteiger partial charge in [0, 0.05) is 6.42 Å². The smallest absolute Gasteiger partial charge is 0.220 e. The van der Waals surface area contributed by atoms with Crippen LogP contribution in [0.4, 0.5) is 0 Å². The minimum atomic E-state index is -0.659. The molecule has 0 heterocycles. The van der Waals surface area contributed by atoms with E-state index in [1.54, 1.807) is 0 Å². The molecule has 0 aromatic rings. The quantitative estimate of drug-likeness (QED) is 0.0433. The van der Waals surface area contributed by atoms with Crippen molar-refractivity contribution in [2.45, 2.75) is 206 Å². The number of aliphatic hydroxyl groups excluding tert-OH is 2. The van der Waals surface area contributed by atoms with Gasteiger partial charge in [0.05, 0.1) is 18.8 Å². The lowest BCUT2D eigenvalue weighted by Crippen LogP contribution is -2.45. The Balaban J connectivity index is 3.47. The first-order valence-corrected chi connectivity index (χ1v) is 22.4. The number of carbonyl (C=O) groups is 1. The molecule has 0 fully saturated rings. The molecular weight excluding hydrogens is 663 g/mol. The fourth-order valence-electron chi connectivity index (χ4n) is 6.20. The van der Waals surface area contributed by atoms with Crippen molar-refractivity contribution in [1.82, 2.24) is 5.32 Å². The van der Waals surface area contributed by atoms with Crippen molar-refractivity contribution in [2.24, 2.45) is 0 Å². The van der Waals surface area contributed by atoms with E-state index < -0.39 is 12.1 Å². The number of hydrogen-bond donors (Lipinski definition) is 3. The normalized spacial score (nSPS) is 13.9. The van der Waals surface area contributed by atoms with Crippen LogP contribution in [0.5, 0.6) is 0 Å². The summed E-state index contributed by atoms with van der Waals surface area (Å²) in [6, 6.07) is -0.536. The van der Waals surface area contributed by atoms with E-state index in [0.29, 0.717) is 12.8 Å². The van der Waals surface area contributed by atoms with Gasteiger partial charge in [-0.2, -0.15) is 0 Å². The van der Waals surface area contributed by atoms with Crippen LogP contribution in [0.25, 0.3) is 0 Å². The Morgan fingerprint density at radius 3 is 1.19 bits per heavy atom. The van der Waals surface area contributed by atoms with Gasteiger partial charge >= 0.3 is 0 Å². The first-order chi connectivity index (χ1) is 26.7. The molecule has 0 saturated heterocycles. The van der Waals surface area contributed by atoms with Crippen molar-refractivity contribution in [3.05, 3.63) is 97.2 Å². The van der Waals surface area contributed by atoms with Gasteiger partial charge in [-0.25, -0.2) is 0 Å². The molecule has 0 aliphatic heterocycles. The summed E-state index contributed by atoms with van der Waals surface area (Å²) >= 11 is 0. The Hall–Kier alpha value is -2.69. The van der Waals surface area contributed by atoms with Gasteiger partial charge in [0.25, 0.3) is 0 Å². The molecule has 4 heteroatoms. The molecule has 0 aromatic heterocycles. The van der Waals surface area contributed by atoms with Crippen molar-refractivity contribution in [1.29, 1.82) is 0 Å². The number of nitrogens with one attached hydrogen (secondary N) is 1. The molecular formula is C50H85NO3. The van der Waals surface area contributed by atoms with Crippen molar-refractivity contribution in [3.8, 4) is 0 Å². The summed E-state index contributed by atoms with van der Waals surface area (Å²) in [4.78, 5) is 12.2. The molecule has 0 aromatic carbocycles. The number of hydrogen-bond acceptors (Lipinski definition) is 3. The van der Waals surface area contributed by atoms with Crippen molar-refractivity contribution >= 4 is 5.91 Å². The van der Waals surface area contributed by atoms with E-state index in [0.717, 1.165) is 83.5 Å². The standard InChI is InChI=1S/C50H85NO3/c1-3-5-7-8-9-10-11-12-13-14-15-16-17-18-19-20-21-22-23-24-25-26-27-28-29-30-31-32-33-34-35-36-37-38-39-40-41-42-44-46-50(54)51-48(47-52)49(53)45-43-6-4-2/h5,7,9-10,12-13,15-16,18-19,21-22,24-25,27-28,48-49,52-53H,3-4,6,8,11,14,17,20,23,26,29-47H2,1-2H3,(H,51,54)/b7-5-,10-9-,13-12-,16-15-,19-18-,22-21-,25-24-,28-27-. The highest BCUT2D eigenvalue weighted by Gasteiger charge is 2.19. The molecule has 0 aliphatic carbocycles. The maximum atomic E-state index is 12.2. The topological polar surface area (TPSA) is 69.6 Å². The minimum Gasteiger partial charge on any atom is -0.394 e. The lowest BCUT2D eigenvalue weighted by atomic mass is 10.0. The number of rotatable bonds is 39. The molecule has 0 spiro atoms. The molecule has 0 bridgehead atoms. The van der Waals surface area contributed by atoms with Crippen LogP contribution < -0.4 is 5.32 Å². The lowest BCUT2D eigenvalue weighted by Gasteiger charge is -2.22. The number of allylic oxidation sites excluding steroid dienone is 16. The third kappa shape index (κ3) is 40.5. The summed E-state index contributed by atoms with van der Waals surface area (Å²) in [6.45, 7) is 4.08. The third-order valence-corrected chi connectivity index (χ3v) is 9.61. The van der Waals surface area contributed by atoms with Gasteiger partial charge in [0.15, 0.2) is 0 Å². The van der Waals surface area contributed by atoms with Crippen LogP contribution in [-0.2, 0) is 4.79 Å². The highest BCUT2D eigenvalue weighted by molar-refractivity contribution is 5.76. The third-order valence-electron chi connectivity index (χ3n) is 9.61. The highest BCUT2D eigenvalue weighted by Crippen LogP contribution is 2.14. The Bertz CT molecular complexity index is 1030. The Morgan fingerprint density at radius 2 is 0.815 bits per heavy atom. The van der Waals surface area contributed by atoms with Crippen LogP contribution in [0.15, 0.2) is 97.2 Å². The van der Waals surface area contributed by atoms with E-state index >= 15 is 0 Å². The predicted octanol–water partition coefficient (Wildman–Crippen LogP) is 14.2. The predicted molar refractivity (Wildman–Crippen MR) is 239 cm³/mol. The SMILES string of the molecule is CC/C=C\C/C=C\C/C=C\C/C=C\C/C=C\C/C=C\C/C=C\C/C=C\CCCCCCCCCCCCCCCCC(=O)NC(CO)C(O)CCCCC. The van der Waals surface area contributed by atoms with Gasteiger partial charge in [-0.15, -0.1) is 0 Å². The van der Waals surface area contributed by atoms with Crippen LogP contribution in [0.1, 0.15) is 194 Å². The summed E-state index contributed by atoms with van der Waals surface area (Å²) in [6.07, 6.45) is 67.1. The molecule has 1 amide bonds. The van der Waals surface area contributed by atoms with E-state index in [4.69, 9.17) is 0 Å². The molecule has 0 radical (unpaired) electrons. The highest BCUT2D eigenvalue weighted by atomic mass is 16.3. The number of carbonyl (C=O) groups excluding carboxylic acids is 1. The minimum absolute atomic E-state index is 0.0484. The second-order valence-electron chi connectivity index (χ2n) is 14.7. The molecule has 0 aliphatic rings. The first-order valence-electron chi connectivity index (χ1n) is 22.4. The van der Waals surface area contributed by atoms with E-state index in [-0.39, 0.29) is 12.5 Å². The summed E-state index contributed by atoms with van der Waals surface area (Å²) in [5, 5.41) is 22.6. The second-order valence-corrected chi connectivity index (χ2v) is 14.7. The van der Waals surface area contributed by atoms with Crippen molar-refractivity contribution in [3.63, 3.8) is 0 Å². The number of amides is 1. The van der Waals surface area contributed by atoms with Crippen LogP contribution in [0.3, 0.4) is 0 Å². The van der Waals surface area contributed by atoms with Crippen molar-refractivity contribution < 1.29 is 15.0 Å². The lowest BCUT2D eigenvalue weighted by molar-refractivity contribution is -0.123. The van der Waals surface area contributed by atoms with Crippen LogP contribution in [0, 0.1) is 0 Å². The van der Waals surface area contributed by atoms with Crippen LogP contribution >= 0.6 is 0 Å². The van der Waals surface area contributed by atoms with Gasteiger partial charge in [-0.1, -0.05) is 207 Å². The molecule has 0 rings (SSSR count). The number of unbranched alkanes of at least 4 members (excludes halogenated alkanes) is 16. The van der Waals surface area contributed by atoms with E-state index in [2.05, 4.69) is 116 Å². The van der Waals surface area contributed by atoms with Crippen LogP contribution in [0.2, 0.25) is 0 Å². The van der Waals surface area contributed by atoms with E-state index in [1.165, 1.54) is 83.5 Å². The Kier molecular flexibility index (Phi) is 42.5. The molecule has 4 nitrogen and oxygen atoms in total. The van der Waals surface area contributed by atoms with Gasteiger partial charge in [0.2, 0.25) is 5.91 Å². The fraction of sp³-hybridized carbons (Fsp3) is 0.660. The first kappa shape index (κ1) is 51.3. The average Bonchev–Trinajstić information content (AvgIpc) is 3.17. The Morgan fingerprint density at radius 1 is 0.463 bits per heavy atom. The fourth-order valence-corrected chi connectivity index (χ4v) is 6.20. The Labute approximate surface area is 334 Å². The average molecular weight is 748 g/mol. The zero-order chi connectivity index (χ0) is 39.3. The maximum Gasteiger partial charge on any atom is 0.220 e. The largest absolute Gasteiger partial charge is 0.394 e.